The highest BCUT2D eigenvalue weighted by atomic mass is 31.2. The first-order chi connectivity index (χ1) is 15.3. The second-order valence-corrected chi connectivity index (χ2v) is 9.49. The number of benzene rings is 3. The Bertz CT molecular complexity index is 1030. The molecule has 8 heteroatoms. The zero-order valence-electron chi connectivity index (χ0n) is 17.7. The molecule has 0 aliphatic heterocycles. The summed E-state index contributed by atoms with van der Waals surface area (Å²) in [4.78, 5) is 35.4. The van der Waals surface area contributed by atoms with E-state index in [0.717, 1.165) is 0 Å². The van der Waals surface area contributed by atoms with Crippen LogP contribution in [0.15, 0.2) is 72.8 Å². The molecule has 3 aromatic carbocycles. The van der Waals surface area contributed by atoms with Gasteiger partial charge in [0.25, 0.3) is 0 Å². The van der Waals surface area contributed by atoms with E-state index in [1.165, 1.54) is 21.3 Å². The highest BCUT2D eigenvalue weighted by molar-refractivity contribution is 7.85. The predicted octanol–water partition coefficient (Wildman–Crippen LogP) is 2.69. The van der Waals surface area contributed by atoms with Crippen molar-refractivity contribution in [2.75, 3.05) is 21.3 Å². The van der Waals surface area contributed by atoms with Crippen molar-refractivity contribution in [1.82, 2.24) is 0 Å². The Morgan fingerprint density at radius 2 is 0.719 bits per heavy atom. The minimum absolute atomic E-state index is 0.324. The molecule has 3 aromatic rings. The van der Waals surface area contributed by atoms with Gasteiger partial charge in [0.05, 0.1) is 38.0 Å². The number of methoxy groups -OCH3 is 3. The van der Waals surface area contributed by atoms with Crippen molar-refractivity contribution in [3.8, 4) is 0 Å². The van der Waals surface area contributed by atoms with Crippen molar-refractivity contribution in [3.05, 3.63) is 89.5 Å². The number of carbonyl (C=O) groups excluding carboxylic acids is 3. The van der Waals surface area contributed by atoms with Crippen molar-refractivity contribution in [3.63, 3.8) is 0 Å². The number of hydrogen-bond donors (Lipinski definition) is 0. The van der Waals surface area contributed by atoms with Gasteiger partial charge in [0.15, 0.2) is 7.14 Å². The molecule has 0 atom stereocenters. The van der Waals surface area contributed by atoms with Gasteiger partial charge in [-0.25, -0.2) is 14.4 Å². The van der Waals surface area contributed by atoms with E-state index in [9.17, 15) is 18.9 Å². The smallest absolute Gasteiger partial charge is 0.337 e. The number of hydrogen-bond acceptors (Lipinski definition) is 7. The largest absolute Gasteiger partial charge is 0.465 e. The number of esters is 3. The summed E-state index contributed by atoms with van der Waals surface area (Å²) >= 11 is 0. The quantitative estimate of drug-likeness (QED) is 0.322. The first-order valence-electron chi connectivity index (χ1n) is 9.52. The Labute approximate surface area is 185 Å². The van der Waals surface area contributed by atoms with Crippen molar-refractivity contribution < 1.29 is 33.2 Å². The molecule has 164 valence electrons. The van der Waals surface area contributed by atoms with Crippen LogP contribution in [0.3, 0.4) is 0 Å². The second kappa shape index (κ2) is 9.62. The minimum Gasteiger partial charge on any atom is -0.465 e. The van der Waals surface area contributed by atoms with E-state index in [1.807, 2.05) is 0 Å². The molecular formula is C24H21O7P. The maximum atomic E-state index is 14.5. The topological polar surface area (TPSA) is 96.0 Å². The molecule has 0 saturated heterocycles. The van der Waals surface area contributed by atoms with Gasteiger partial charge in [-0.15, -0.1) is 0 Å². The van der Waals surface area contributed by atoms with E-state index in [0.29, 0.717) is 32.6 Å². The molecule has 0 heterocycles. The molecule has 0 fully saturated rings. The van der Waals surface area contributed by atoms with Crippen LogP contribution >= 0.6 is 7.14 Å². The highest BCUT2D eigenvalue weighted by Gasteiger charge is 2.30. The molecule has 0 radical (unpaired) electrons. The van der Waals surface area contributed by atoms with Crippen LogP contribution in [0.25, 0.3) is 0 Å². The number of ether oxygens (including phenoxy) is 3. The van der Waals surface area contributed by atoms with Crippen LogP contribution in [-0.4, -0.2) is 39.2 Å². The summed E-state index contributed by atoms with van der Waals surface area (Å²) in [6.45, 7) is 0. The van der Waals surface area contributed by atoms with Gasteiger partial charge in [-0.05, 0) is 36.4 Å². The van der Waals surface area contributed by atoms with Crippen molar-refractivity contribution in [1.29, 1.82) is 0 Å². The summed E-state index contributed by atoms with van der Waals surface area (Å²) < 4.78 is 28.7. The average Bonchev–Trinajstić information content (AvgIpc) is 2.87. The van der Waals surface area contributed by atoms with Gasteiger partial charge in [0.1, 0.15) is 0 Å². The van der Waals surface area contributed by atoms with Crippen LogP contribution in [0.2, 0.25) is 0 Å². The predicted molar refractivity (Wildman–Crippen MR) is 120 cm³/mol. The third-order valence-electron chi connectivity index (χ3n) is 4.96. The lowest BCUT2D eigenvalue weighted by molar-refractivity contribution is 0.0592. The maximum absolute atomic E-state index is 14.5. The van der Waals surface area contributed by atoms with Gasteiger partial charge >= 0.3 is 17.9 Å². The SMILES string of the molecule is COC(=O)c1ccc(P(=O)(c2ccc(C(=O)OC)cc2)c2ccc(C(=O)OC)cc2)cc1. The van der Waals surface area contributed by atoms with E-state index < -0.39 is 25.0 Å². The van der Waals surface area contributed by atoms with Crippen LogP contribution in [0.4, 0.5) is 0 Å². The lowest BCUT2D eigenvalue weighted by Crippen LogP contribution is -2.25. The molecule has 0 aliphatic rings. The summed E-state index contributed by atoms with van der Waals surface area (Å²) in [5, 5.41) is 1.42. The van der Waals surface area contributed by atoms with Gasteiger partial charge < -0.3 is 18.8 Å². The summed E-state index contributed by atoms with van der Waals surface area (Å²) in [5.41, 5.74) is 0.972. The zero-order chi connectivity index (χ0) is 23.3. The molecule has 0 spiro atoms. The molecule has 0 N–H and O–H groups in total. The third-order valence-corrected chi connectivity index (χ3v) is 8.03. The monoisotopic (exact) mass is 452 g/mol. The Morgan fingerprint density at radius 3 is 0.906 bits per heavy atom. The Kier molecular flexibility index (Phi) is 6.91. The van der Waals surface area contributed by atoms with Crippen molar-refractivity contribution in [2.24, 2.45) is 0 Å². The average molecular weight is 452 g/mol. The third kappa shape index (κ3) is 4.34. The van der Waals surface area contributed by atoms with Gasteiger partial charge in [0.2, 0.25) is 0 Å². The molecule has 0 unspecified atom stereocenters. The van der Waals surface area contributed by atoms with Crippen molar-refractivity contribution >= 4 is 41.0 Å². The Balaban J connectivity index is 2.14. The maximum Gasteiger partial charge on any atom is 0.337 e. The highest BCUT2D eigenvalue weighted by Crippen LogP contribution is 2.42. The standard InChI is InChI=1S/C24H21O7P/c1-29-22(25)16-4-10-19(11-5-16)32(28,20-12-6-17(7-13-20)23(26)30-2)21-14-8-18(9-15-21)24(27)31-3/h4-15H,1-3H3. The fraction of sp³-hybridized carbons (Fsp3) is 0.125. The van der Waals surface area contributed by atoms with Crippen LogP contribution in [0.5, 0.6) is 0 Å². The molecule has 7 nitrogen and oxygen atoms in total. The lowest BCUT2D eigenvalue weighted by atomic mass is 10.2. The summed E-state index contributed by atoms with van der Waals surface area (Å²) in [6.07, 6.45) is 0. The molecule has 3 rings (SSSR count). The van der Waals surface area contributed by atoms with Crippen LogP contribution in [0, 0.1) is 0 Å². The van der Waals surface area contributed by atoms with Crippen LogP contribution in [0.1, 0.15) is 31.1 Å². The molecule has 0 amide bonds. The van der Waals surface area contributed by atoms with Crippen LogP contribution < -0.4 is 15.9 Å². The van der Waals surface area contributed by atoms with E-state index in [-0.39, 0.29) is 0 Å². The molecular weight excluding hydrogens is 431 g/mol. The summed E-state index contributed by atoms with van der Waals surface area (Å²) in [7, 11) is 0.445. The number of carbonyl (C=O) groups is 3. The first kappa shape index (κ1) is 23.0. The molecule has 32 heavy (non-hydrogen) atoms. The first-order valence-corrected chi connectivity index (χ1v) is 11.2. The molecule has 0 saturated carbocycles. The Hall–Kier alpha value is -3.70. The van der Waals surface area contributed by atoms with Crippen LogP contribution in [-0.2, 0) is 18.8 Å². The summed E-state index contributed by atoms with van der Waals surface area (Å²) in [6, 6.07) is 18.9. The molecule has 0 aliphatic carbocycles. The van der Waals surface area contributed by atoms with Gasteiger partial charge in [-0.3, -0.25) is 0 Å². The Morgan fingerprint density at radius 1 is 0.500 bits per heavy atom. The summed E-state index contributed by atoms with van der Waals surface area (Å²) in [5.74, 6) is -1.51. The zero-order valence-corrected chi connectivity index (χ0v) is 18.6. The van der Waals surface area contributed by atoms with Gasteiger partial charge in [-0.1, -0.05) is 36.4 Å². The molecule has 0 bridgehead atoms. The number of rotatable bonds is 6. The normalized spacial score (nSPS) is 10.8. The fourth-order valence-electron chi connectivity index (χ4n) is 3.22. The van der Waals surface area contributed by atoms with Gasteiger partial charge in [-0.2, -0.15) is 0 Å². The van der Waals surface area contributed by atoms with E-state index in [1.54, 1.807) is 72.8 Å². The fourth-order valence-corrected chi connectivity index (χ4v) is 5.82. The van der Waals surface area contributed by atoms with E-state index in [2.05, 4.69) is 0 Å². The second-order valence-electron chi connectivity index (χ2n) is 6.72. The van der Waals surface area contributed by atoms with Crippen molar-refractivity contribution in [2.45, 2.75) is 0 Å². The van der Waals surface area contributed by atoms with E-state index >= 15 is 0 Å². The van der Waals surface area contributed by atoms with E-state index in [4.69, 9.17) is 14.2 Å². The molecule has 0 aromatic heterocycles. The lowest BCUT2D eigenvalue weighted by Gasteiger charge is -2.20. The minimum atomic E-state index is -3.41. The van der Waals surface area contributed by atoms with Gasteiger partial charge in [0, 0.05) is 15.9 Å².